The molecule has 0 aliphatic rings. The minimum absolute atomic E-state index is 0.0638. The van der Waals surface area contributed by atoms with Crippen molar-refractivity contribution in [1.82, 2.24) is 9.88 Å². The Kier molecular flexibility index (Phi) is 7.19. The van der Waals surface area contributed by atoms with E-state index in [1.807, 2.05) is 54.1 Å². The van der Waals surface area contributed by atoms with Crippen molar-refractivity contribution in [2.75, 3.05) is 0 Å². The van der Waals surface area contributed by atoms with E-state index in [9.17, 15) is 19.5 Å². The molecule has 0 unspecified atom stereocenters. The Bertz CT molecular complexity index is 1220. The molecule has 2 N–H and O–H groups in total. The molecule has 3 aromatic rings. The van der Waals surface area contributed by atoms with E-state index in [-0.39, 0.29) is 16.4 Å². The third-order valence-electron chi connectivity index (χ3n) is 5.21. The fourth-order valence-corrected chi connectivity index (χ4v) is 3.46. The quantitative estimate of drug-likeness (QED) is 0.460. The van der Waals surface area contributed by atoms with Gasteiger partial charge in [-0.2, -0.15) is 0 Å². The number of aliphatic carboxylic acids is 1. The smallest absolute Gasteiger partial charge is 0.328 e. The fraction of sp³-hybridized carbons (Fsp3) is 0.192. The lowest BCUT2D eigenvalue weighted by atomic mass is 10.0. The summed E-state index contributed by atoms with van der Waals surface area (Å²) in [6.07, 6.45) is 5.43. The average Bonchev–Trinajstić information content (AvgIpc) is 3.23. The maximum atomic E-state index is 12.9. The van der Waals surface area contributed by atoms with Crippen LogP contribution in [0.1, 0.15) is 51.4 Å². The number of carbonyl (C=O) groups is 3. The monoisotopic (exact) mass is 464 g/mol. The number of carboxylic acid groups (broad SMARTS) is 1. The summed E-state index contributed by atoms with van der Waals surface area (Å²) in [4.78, 5) is 36.7. The highest BCUT2D eigenvalue weighted by molar-refractivity contribution is 6.35. The van der Waals surface area contributed by atoms with Crippen molar-refractivity contribution in [1.29, 1.82) is 0 Å². The summed E-state index contributed by atoms with van der Waals surface area (Å²) in [5.74, 6) is -1.78. The second-order valence-electron chi connectivity index (χ2n) is 8.24. The van der Waals surface area contributed by atoms with Crippen LogP contribution in [0.3, 0.4) is 0 Å². The van der Waals surface area contributed by atoms with Crippen LogP contribution in [0.4, 0.5) is 0 Å². The Morgan fingerprint density at radius 3 is 2.42 bits per heavy atom. The van der Waals surface area contributed by atoms with E-state index in [0.29, 0.717) is 23.4 Å². The molecule has 7 heteroatoms. The Labute approximate surface area is 197 Å². The first-order chi connectivity index (χ1) is 15.6. The highest BCUT2D eigenvalue weighted by Crippen LogP contribution is 2.23. The maximum Gasteiger partial charge on any atom is 0.328 e. The van der Waals surface area contributed by atoms with Crippen molar-refractivity contribution in [2.24, 2.45) is 0 Å². The van der Waals surface area contributed by atoms with Crippen molar-refractivity contribution in [3.8, 4) is 0 Å². The Balaban J connectivity index is 1.76. The molecule has 0 saturated heterocycles. The van der Waals surface area contributed by atoms with Crippen molar-refractivity contribution in [3.05, 3.63) is 99.8 Å². The van der Waals surface area contributed by atoms with E-state index in [0.717, 1.165) is 5.56 Å². The summed E-state index contributed by atoms with van der Waals surface area (Å²) in [6, 6.07) is 16.0. The van der Waals surface area contributed by atoms with Gasteiger partial charge in [-0.25, -0.2) is 4.79 Å². The summed E-state index contributed by atoms with van der Waals surface area (Å²) in [5, 5.41) is 11.9. The van der Waals surface area contributed by atoms with Gasteiger partial charge in [0, 0.05) is 18.3 Å². The number of hydrogen-bond acceptors (Lipinski definition) is 3. The molecule has 0 fully saturated rings. The number of rotatable bonds is 8. The predicted octanol–water partition coefficient (Wildman–Crippen LogP) is 4.99. The van der Waals surface area contributed by atoms with Crippen molar-refractivity contribution >= 4 is 35.3 Å². The molecule has 1 aromatic heterocycles. The number of allylic oxidation sites excluding steroid dienone is 1. The van der Waals surface area contributed by atoms with Gasteiger partial charge < -0.3 is 15.0 Å². The molecule has 2 aromatic carbocycles. The van der Waals surface area contributed by atoms with Crippen molar-refractivity contribution in [2.45, 2.75) is 32.9 Å². The minimum Gasteiger partial charge on any atom is -0.480 e. The number of aryl methyl sites for hydroxylation is 1. The molecule has 0 atom stereocenters. The van der Waals surface area contributed by atoms with E-state index in [1.54, 1.807) is 24.3 Å². The molecule has 6 nitrogen and oxygen atoms in total. The van der Waals surface area contributed by atoms with Gasteiger partial charge in [-0.3, -0.25) is 9.59 Å². The molecule has 33 heavy (non-hydrogen) atoms. The number of hydrogen-bond donors (Lipinski definition) is 2. The van der Waals surface area contributed by atoms with E-state index in [4.69, 9.17) is 11.6 Å². The van der Waals surface area contributed by atoms with Crippen molar-refractivity contribution < 1.29 is 19.5 Å². The number of carboxylic acids is 1. The zero-order valence-electron chi connectivity index (χ0n) is 18.6. The molecule has 0 spiro atoms. The Morgan fingerprint density at radius 1 is 1.06 bits per heavy atom. The summed E-state index contributed by atoms with van der Waals surface area (Å²) < 4.78 is 1.83. The topological polar surface area (TPSA) is 88.4 Å². The standard InChI is InChI=1S/C26H25ClN2O4/c1-17-11-13-19(14-12-17)23(30)21-10-6-16-29(21)15-5-8-18-7-4-9-20(22(18)27)24(31)28-26(2,3)25(32)33/h4-14,16H,15H2,1-3H3,(H,28,31)(H,32,33)/b8-5+. The maximum absolute atomic E-state index is 12.9. The van der Waals surface area contributed by atoms with Gasteiger partial charge in [0.1, 0.15) is 5.54 Å². The second-order valence-corrected chi connectivity index (χ2v) is 8.61. The van der Waals surface area contributed by atoms with Crippen LogP contribution >= 0.6 is 11.6 Å². The van der Waals surface area contributed by atoms with Crippen LogP contribution in [-0.2, 0) is 11.3 Å². The van der Waals surface area contributed by atoms with Gasteiger partial charge >= 0.3 is 5.97 Å². The fourth-order valence-electron chi connectivity index (χ4n) is 3.18. The first kappa shape index (κ1) is 24.0. The van der Waals surface area contributed by atoms with Gasteiger partial charge in [0.05, 0.1) is 16.3 Å². The number of halogens is 1. The van der Waals surface area contributed by atoms with E-state index >= 15 is 0 Å². The summed E-state index contributed by atoms with van der Waals surface area (Å²) in [7, 11) is 0. The third kappa shape index (κ3) is 5.59. The molecule has 0 aliphatic heterocycles. The number of nitrogens with zero attached hydrogens (tertiary/aromatic N) is 1. The molecular formula is C26H25ClN2O4. The van der Waals surface area contributed by atoms with Gasteiger partial charge in [0.2, 0.25) is 5.78 Å². The van der Waals surface area contributed by atoms with Crippen LogP contribution in [-0.4, -0.2) is 32.9 Å². The molecular weight excluding hydrogens is 440 g/mol. The number of ketones is 1. The lowest BCUT2D eigenvalue weighted by molar-refractivity contribution is -0.143. The highest BCUT2D eigenvalue weighted by Gasteiger charge is 2.30. The predicted molar refractivity (Wildman–Crippen MR) is 129 cm³/mol. The summed E-state index contributed by atoms with van der Waals surface area (Å²) in [6.45, 7) is 5.20. The summed E-state index contributed by atoms with van der Waals surface area (Å²) >= 11 is 6.43. The lowest BCUT2D eigenvalue weighted by Gasteiger charge is -2.21. The molecule has 1 heterocycles. The lowest BCUT2D eigenvalue weighted by Crippen LogP contribution is -2.49. The number of amides is 1. The van der Waals surface area contributed by atoms with Crippen LogP contribution in [0.25, 0.3) is 6.08 Å². The highest BCUT2D eigenvalue weighted by atomic mass is 35.5. The van der Waals surface area contributed by atoms with Crippen LogP contribution in [0.2, 0.25) is 5.02 Å². The SMILES string of the molecule is Cc1ccc(C(=O)c2cccn2C/C=C/c2cccc(C(=O)NC(C)(C)C(=O)O)c2Cl)cc1. The van der Waals surface area contributed by atoms with E-state index in [1.165, 1.54) is 19.9 Å². The molecule has 0 bridgehead atoms. The normalized spacial score (nSPS) is 11.5. The van der Waals surface area contributed by atoms with E-state index in [2.05, 4.69) is 5.32 Å². The largest absolute Gasteiger partial charge is 0.480 e. The zero-order valence-corrected chi connectivity index (χ0v) is 19.4. The van der Waals surface area contributed by atoms with Crippen LogP contribution in [0.15, 0.2) is 66.9 Å². The number of nitrogens with one attached hydrogen (secondary N) is 1. The molecule has 3 rings (SSSR count). The van der Waals surface area contributed by atoms with Gasteiger partial charge in [-0.1, -0.05) is 65.7 Å². The number of aromatic nitrogens is 1. The van der Waals surface area contributed by atoms with Crippen LogP contribution in [0, 0.1) is 6.92 Å². The van der Waals surface area contributed by atoms with Gasteiger partial charge in [0.15, 0.2) is 0 Å². The van der Waals surface area contributed by atoms with Crippen molar-refractivity contribution in [3.63, 3.8) is 0 Å². The molecule has 1 amide bonds. The number of carbonyl (C=O) groups excluding carboxylic acids is 2. The first-order valence-corrected chi connectivity index (χ1v) is 10.8. The molecule has 0 aliphatic carbocycles. The molecule has 0 saturated carbocycles. The third-order valence-corrected chi connectivity index (χ3v) is 5.63. The summed E-state index contributed by atoms with van der Waals surface area (Å²) in [5.41, 5.74) is 1.64. The molecule has 0 radical (unpaired) electrons. The van der Waals surface area contributed by atoms with E-state index < -0.39 is 17.4 Å². The zero-order chi connectivity index (χ0) is 24.2. The minimum atomic E-state index is -1.43. The van der Waals surface area contributed by atoms with Gasteiger partial charge in [0.25, 0.3) is 5.91 Å². The Hall–Kier alpha value is -3.64. The van der Waals surface area contributed by atoms with Gasteiger partial charge in [-0.05, 0) is 44.5 Å². The second kappa shape index (κ2) is 9.88. The molecule has 170 valence electrons. The average molecular weight is 465 g/mol. The van der Waals surface area contributed by atoms with Crippen LogP contribution < -0.4 is 5.32 Å². The number of benzene rings is 2. The first-order valence-electron chi connectivity index (χ1n) is 10.4. The van der Waals surface area contributed by atoms with Gasteiger partial charge in [-0.15, -0.1) is 0 Å². The Morgan fingerprint density at radius 2 is 1.76 bits per heavy atom. The van der Waals surface area contributed by atoms with Crippen LogP contribution in [0.5, 0.6) is 0 Å².